The Hall–Kier alpha value is -1.55. The highest BCUT2D eigenvalue weighted by molar-refractivity contribution is 6.30. The summed E-state index contributed by atoms with van der Waals surface area (Å²) in [4.78, 5) is 25.6. The molecule has 0 radical (unpaired) electrons. The Balaban J connectivity index is 2.86. The Kier molecular flexibility index (Phi) is 6.52. The lowest BCUT2D eigenvalue weighted by molar-refractivity contribution is -0.140. The minimum Gasteiger partial charge on any atom is -0.355 e. The van der Waals surface area contributed by atoms with Gasteiger partial charge < -0.3 is 10.2 Å². The van der Waals surface area contributed by atoms with E-state index in [1.54, 1.807) is 30.9 Å². The molecule has 20 heavy (non-hydrogen) atoms. The topological polar surface area (TPSA) is 49.4 Å². The van der Waals surface area contributed by atoms with Gasteiger partial charge in [-0.25, -0.2) is 0 Å². The number of rotatable bonds is 6. The zero-order chi connectivity index (χ0) is 15.1. The van der Waals surface area contributed by atoms with Crippen LogP contribution in [0.1, 0.15) is 32.8 Å². The van der Waals surface area contributed by atoms with Crippen LogP contribution in [-0.4, -0.2) is 29.3 Å². The molecule has 2 amide bonds. The van der Waals surface area contributed by atoms with Crippen LogP contribution in [0.25, 0.3) is 0 Å². The summed E-state index contributed by atoms with van der Waals surface area (Å²) in [5, 5.41) is 3.40. The lowest BCUT2D eigenvalue weighted by Gasteiger charge is -2.28. The first-order valence-corrected chi connectivity index (χ1v) is 7.19. The van der Waals surface area contributed by atoms with E-state index in [1.165, 1.54) is 0 Å². The Morgan fingerprint density at radius 1 is 1.25 bits per heavy atom. The summed E-state index contributed by atoms with van der Waals surface area (Å²) in [5.41, 5.74) is 0.951. The molecule has 0 spiro atoms. The minimum atomic E-state index is -0.488. The van der Waals surface area contributed by atoms with E-state index in [1.807, 2.05) is 19.1 Å². The fraction of sp³-hybridized carbons (Fsp3) is 0.467. The van der Waals surface area contributed by atoms with E-state index in [-0.39, 0.29) is 11.8 Å². The quantitative estimate of drug-likeness (QED) is 0.877. The van der Waals surface area contributed by atoms with Crippen molar-refractivity contribution in [3.8, 4) is 0 Å². The first kappa shape index (κ1) is 16.5. The third-order valence-corrected chi connectivity index (χ3v) is 3.34. The maximum Gasteiger partial charge on any atom is 0.242 e. The molecule has 0 aliphatic heterocycles. The van der Waals surface area contributed by atoms with Crippen LogP contribution in [0.2, 0.25) is 5.02 Å². The molecule has 1 aromatic carbocycles. The largest absolute Gasteiger partial charge is 0.355 e. The number of carbonyl (C=O) groups excluding carboxylic acids is 2. The second kappa shape index (κ2) is 7.90. The summed E-state index contributed by atoms with van der Waals surface area (Å²) in [5.74, 6) is -0.179. The average Bonchev–Trinajstić information content (AvgIpc) is 2.45. The third-order valence-electron chi connectivity index (χ3n) is 3.09. The van der Waals surface area contributed by atoms with Crippen molar-refractivity contribution in [1.82, 2.24) is 10.2 Å². The smallest absolute Gasteiger partial charge is 0.242 e. The number of halogens is 1. The molecule has 0 fully saturated rings. The number of carbonyl (C=O) groups is 2. The highest BCUT2D eigenvalue weighted by Crippen LogP contribution is 2.14. The maximum atomic E-state index is 12.1. The lowest BCUT2D eigenvalue weighted by atomic mass is 10.1. The number of nitrogens with zero attached hydrogens (tertiary/aromatic N) is 1. The highest BCUT2D eigenvalue weighted by Gasteiger charge is 2.24. The molecule has 1 N–H and O–H groups in total. The molecular weight excluding hydrogens is 276 g/mol. The number of nitrogens with one attached hydrogen (secondary N) is 1. The van der Waals surface area contributed by atoms with Crippen molar-refractivity contribution < 1.29 is 9.59 Å². The SMILES string of the molecule is CCNC(=O)C(C)N(Cc1ccc(Cl)cc1)C(=O)CC. The molecule has 4 nitrogen and oxygen atoms in total. The van der Waals surface area contributed by atoms with Crippen LogP contribution >= 0.6 is 11.6 Å². The van der Waals surface area contributed by atoms with Crippen LogP contribution in [0.3, 0.4) is 0 Å². The van der Waals surface area contributed by atoms with Crippen molar-refractivity contribution in [3.63, 3.8) is 0 Å². The van der Waals surface area contributed by atoms with Gasteiger partial charge in [0.15, 0.2) is 0 Å². The molecular formula is C15H21ClN2O2. The van der Waals surface area contributed by atoms with E-state index in [0.29, 0.717) is 24.5 Å². The number of benzene rings is 1. The fourth-order valence-corrected chi connectivity index (χ4v) is 2.02. The maximum absolute atomic E-state index is 12.1. The van der Waals surface area contributed by atoms with Crippen LogP contribution in [0, 0.1) is 0 Å². The molecule has 0 aliphatic carbocycles. The summed E-state index contributed by atoms with van der Waals surface area (Å²) in [7, 11) is 0. The van der Waals surface area contributed by atoms with Gasteiger partial charge in [0.25, 0.3) is 0 Å². The second-order valence-corrected chi connectivity index (χ2v) is 5.01. The molecule has 110 valence electrons. The van der Waals surface area contributed by atoms with Gasteiger partial charge in [-0.3, -0.25) is 9.59 Å². The monoisotopic (exact) mass is 296 g/mol. The Bertz CT molecular complexity index is 459. The van der Waals surface area contributed by atoms with E-state index in [0.717, 1.165) is 5.56 Å². The van der Waals surface area contributed by atoms with Crippen LogP contribution in [0.4, 0.5) is 0 Å². The van der Waals surface area contributed by atoms with Crippen molar-refractivity contribution in [2.24, 2.45) is 0 Å². The zero-order valence-electron chi connectivity index (χ0n) is 12.1. The second-order valence-electron chi connectivity index (χ2n) is 4.57. The first-order chi connectivity index (χ1) is 9.49. The number of likely N-dealkylation sites (N-methyl/N-ethyl adjacent to an activating group) is 1. The lowest BCUT2D eigenvalue weighted by Crippen LogP contribution is -2.47. The normalized spacial score (nSPS) is 11.8. The zero-order valence-corrected chi connectivity index (χ0v) is 12.9. The van der Waals surface area contributed by atoms with Gasteiger partial charge in [-0.15, -0.1) is 0 Å². The minimum absolute atomic E-state index is 0.0429. The van der Waals surface area contributed by atoms with Crippen LogP contribution in [-0.2, 0) is 16.1 Å². The molecule has 5 heteroatoms. The van der Waals surface area contributed by atoms with Gasteiger partial charge in [0.2, 0.25) is 11.8 Å². The van der Waals surface area contributed by atoms with E-state index >= 15 is 0 Å². The Labute approximate surface area is 125 Å². The third kappa shape index (κ3) is 4.53. The first-order valence-electron chi connectivity index (χ1n) is 6.81. The Morgan fingerprint density at radius 2 is 1.85 bits per heavy atom. The van der Waals surface area contributed by atoms with Crippen molar-refractivity contribution >= 4 is 23.4 Å². The number of amides is 2. The van der Waals surface area contributed by atoms with E-state index in [4.69, 9.17) is 11.6 Å². The van der Waals surface area contributed by atoms with Gasteiger partial charge in [0.05, 0.1) is 0 Å². The molecule has 1 unspecified atom stereocenters. The molecule has 0 aliphatic rings. The van der Waals surface area contributed by atoms with Crippen molar-refractivity contribution in [1.29, 1.82) is 0 Å². The van der Waals surface area contributed by atoms with Gasteiger partial charge in [0.1, 0.15) is 6.04 Å². The molecule has 0 heterocycles. The molecule has 0 saturated carbocycles. The summed E-state index contributed by atoms with van der Waals surface area (Å²) < 4.78 is 0. The molecule has 0 bridgehead atoms. The van der Waals surface area contributed by atoms with Crippen LogP contribution in [0.15, 0.2) is 24.3 Å². The Morgan fingerprint density at radius 3 is 2.35 bits per heavy atom. The predicted octanol–water partition coefficient (Wildman–Crippen LogP) is 2.60. The van der Waals surface area contributed by atoms with E-state index < -0.39 is 6.04 Å². The fourth-order valence-electron chi connectivity index (χ4n) is 1.89. The van der Waals surface area contributed by atoms with Gasteiger partial charge in [-0.1, -0.05) is 30.7 Å². The summed E-state index contributed by atoms with van der Waals surface area (Å²) >= 11 is 5.85. The van der Waals surface area contributed by atoms with Gasteiger partial charge >= 0.3 is 0 Å². The molecule has 1 rings (SSSR count). The predicted molar refractivity (Wildman–Crippen MR) is 80.4 cm³/mol. The number of hydrogen-bond donors (Lipinski definition) is 1. The van der Waals surface area contributed by atoms with Crippen molar-refractivity contribution in [2.45, 2.75) is 39.8 Å². The van der Waals surface area contributed by atoms with Crippen molar-refractivity contribution in [2.75, 3.05) is 6.54 Å². The summed E-state index contributed by atoms with van der Waals surface area (Å²) in [6, 6.07) is 6.80. The van der Waals surface area contributed by atoms with Crippen LogP contribution in [0.5, 0.6) is 0 Å². The van der Waals surface area contributed by atoms with Gasteiger partial charge in [0, 0.05) is 24.5 Å². The number of hydrogen-bond acceptors (Lipinski definition) is 2. The van der Waals surface area contributed by atoms with Gasteiger partial charge in [-0.05, 0) is 31.5 Å². The molecule has 0 aromatic heterocycles. The van der Waals surface area contributed by atoms with Gasteiger partial charge in [-0.2, -0.15) is 0 Å². The van der Waals surface area contributed by atoms with Crippen LogP contribution < -0.4 is 5.32 Å². The molecule has 1 atom stereocenters. The summed E-state index contributed by atoms with van der Waals surface area (Å²) in [6.45, 7) is 6.35. The average molecular weight is 297 g/mol. The molecule has 1 aromatic rings. The standard InChI is InChI=1S/C15H21ClN2O2/c1-4-14(19)18(11(3)15(20)17-5-2)10-12-6-8-13(16)9-7-12/h6-9,11H,4-5,10H2,1-3H3,(H,17,20). The van der Waals surface area contributed by atoms with Crippen molar-refractivity contribution in [3.05, 3.63) is 34.9 Å². The molecule has 0 saturated heterocycles. The van der Waals surface area contributed by atoms with E-state index in [2.05, 4.69) is 5.32 Å². The van der Waals surface area contributed by atoms with E-state index in [9.17, 15) is 9.59 Å². The summed E-state index contributed by atoms with van der Waals surface area (Å²) in [6.07, 6.45) is 0.372. The highest BCUT2D eigenvalue weighted by atomic mass is 35.5.